The molecular weight excluding hydrogens is 382 g/mol. The molecule has 5 nitrogen and oxygen atoms in total. The molecule has 0 bridgehead atoms. The van der Waals surface area contributed by atoms with Crippen LogP contribution in [0, 0.1) is 0 Å². The molecule has 0 spiro atoms. The van der Waals surface area contributed by atoms with E-state index in [-0.39, 0.29) is 10.9 Å². The largest absolute Gasteiger partial charge is 0.369 e. The summed E-state index contributed by atoms with van der Waals surface area (Å²) in [5.74, 6) is 0. The van der Waals surface area contributed by atoms with Gasteiger partial charge in [-0.05, 0) is 54.7 Å². The fourth-order valence-electron chi connectivity index (χ4n) is 4.01. The van der Waals surface area contributed by atoms with E-state index in [2.05, 4.69) is 33.1 Å². The molecule has 2 aromatic carbocycles. The number of benzene rings is 2. The third-order valence-corrected chi connectivity index (χ3v) is 7.10. The highest BCUT2D eigenvalue weighted by Gasteiger charge is 2.27. The first-order valence-corrected chi connectivity index (χ1v) is 11.2. The van der Waals surface area contributed by atoms with Crippen LogP contribution in [-0.4, -0.2) is 40.6 Å². The maximum absolute atomic E-state index is 12.7. The first-order valence-electron chi connectivity index (χ1n) is 9.37. The average molecular weight is 406 g/mol. The standard InChI is InChI=1S/C20H24ClN3O2S/c21-16-4-2-5-18(14-16)27(25,26)23-17-7-8-19-15(13-17)3-1-6-20(19)24-11-9-22-10-12-24/h1-6,14,17,22-23H,7-13H2/t17-/m0/s1. The molecule has 0 unspecified atom stereocenters. The van der Waals surface area contributed by atoms with Gasteiger partial charge in [0.25, 0.3) is 0 Å². The van der Waals surface area contributed by atoms with Crippen molar-refractivity contribution in [2.45, 2.75) is 30.2 Å². The number of rotatable bonds is 4. The van der Waals surface area contributed by atoms with Gasteiger partial charge in [-0.15, -0.1) is 0 Å². The molecule has 2 aliphatic rings. The number of fused-ring (bicyclic) bond motifs is 1. The van der Waals surface area contributed by atoms with Gasteiger partial charge in [0.15, 0.2) is 0 Å². The van der Waals surface area contributed by atoms with E-state index in [1.807, 2.05) is 0 Å². The fourth-order valence-corrected chi connectivity index (χ4v) is 5.58. The predicted octanol–water partition coefficient (Wildman–Crippen LogP) is 2.59. The van der Waals surface area contributed by atoms with Crippen molar-refractivity contribution in [1.82, 2.24) is 10.0 Å². The van der Waals surface area contributed by atoms with Gasteiger partial charge in [0.1, 0.15) is 0 Å². The molecule has 1 heterocycles. The van der Waals surface area contributed by atoms with Crippen molar-refractivity contribution in [2.75, 3.05) is 31.1 Å². The summed E-state index contributed by atoms with van der Waals surface area (Å²) in [6, 6.07) is 12.7. The van der Waals surface area contributed by atoms with Gasteiger partial charge in [0.2, 0.25) is 10.0 Å². The van der Waals surface area contributed by atoms with E-state index in [9.17, 15) is 8.42 Å². The van der Waals surface area contributed by atoms with E-state index in [0.29, 0.717) is 5.02 Å². The Hall–Kier alpha value is -1.60. The number of sulfonamides is 1. The molecule has 1 saturated heterocycles. The van der Waals surface area contributed by atoms with Crippen molar-refractivity contribution >= 4 is 27.3 Å². The van der Waals surface area contributed by atoms with Gasteiger partial charge < -0.3 is 10.2 Å². The molecule has 144 valence electrons. The van der Waals surface area contributed by atoms with Crippen molar-refractivity contribution in [2.24, 2.45) is 0 Å². The van der Waals surface area contributed by atoms with Gasteiger partial charge >= 0.3 is 0 Å². The zero-order chi connectivity index (χ0) is 18.9. The highest BCUT2D eigenvalue weighted by Crippen LogP contribution is 2.31. The summed E-state index contributed by atoms with van der Waals surface area (Å²) in [6.07, 6.45) is 2.41. The first-order chi connectivity index (χ1) is 13.0. The lowest BCUT2D eigenvalue weighted by atomic mass is 9.87. The van der Waals surface area contributed by atoms with Crippen LogP contribution in [0.25, 0.3) is 0 Å². The summed E-state index contributed by atoms with van der Waals surface area (Å²) >= 11 is 5.95. The summed E-state index contributed by atoms with van der Waals surface area (Å²) in [6.45, 7) is 4.04. The zero-order valence-electron chi connectivity index (χ0n) is 15.1. The van der Waals surface area contributed by atoms with E-state index in [1.165, 1.54) is 22.9 Å². The summed E-state index contributed by atoms with van der Waals surface area (Å²) < 4.78 is 28.3. The number of nitrogens with one attached hydrogen (secondary N) is 2. The van der Waals surface area contributed by atoms with E-state index >= 15 is 0 Å². The quantitative estimate of drug-likeness (QED) is 0.820. The Morgan fingerprint density at radius 3 is 2.67 bits per heavy atom. The number of anilines is 1. The highest BCUT2D eigenvalue weighted by molar-refractivity contribution is 7.89. The molecule has 7 heteroatoms. The third kappa shape index (κ3) is 4.14. The second-order valence-corrected chi connectivity index (χ2v) is 9.32. The fraction of sp³-hybridized carbons (Fsp3) is 0.400. The Labute approximate surface area is 165 Å². The monoisotopic (exact) mass is 405 g/mol. The molecule has 0 radical (unpaired) electrons. The van der Waals surface area contributed by atoms with Crippen LogP contribution in [-0.2, 0) is 22.9 Å². The van der Waals surface area contributed by atoms with Gasteiger partial charge in [-0.1, -0.05) is 29.8 Å². The van der Waals surface area contributed by atoms with Crippen molar-refractivity contribution in [3.63, 3.8) is 0 Å². The van der Waals surface area contributed by atoms with Crippen LogP contribution in [0.3, 0.4) is 0 Å². The second kappa shape index (κ2) is 7.80. The van der Waals surface area contributed by atoms with Crippen molar-refractivity contribution in [3.8, 4) is 0 Å². The molecule has 4 rings (SSSR count). The molecule has 1 aliphatic carbocycles. The maximum Gasteiger partial charge on any atom is 0.240 e. The zero-order valence-corrected chi connectivity index (χ0v) is 16.7. The molecule has 1 aliphatic heterocycles. The SMILES string of the molecule is O=S(=O)(N[C@H]1CCc2c(cccc2N2CCNCC2)C1)c1cccc(Cl)c1. The van der Waals surface area contributed by atoms with E-state index in [1.54, 1.807) is 18.2 Å². The summed E-state index contributed by atoms with van der Waals surface area (Å²) in [5, 5.41) is 3.81. The number of nitrogens with zero attached hydrogens (tertiary/aromatic N) is 1. The molecule has 1 atom stereocenters. The third-order valence-electron chi connectivity index (χ3n) is 5.34. The molecule has 2 aromatic rings. The minimum Gasteiger partial charge on any atom is -0.369 e. The lowest BCUT2D eigenvalue weighted by molar-refractivity contribution is 0.506. The first kappa shape index (κ1) is 18.7. The second-order valence-electron chi connectivity index (χ2n) is 7.17. The number of hydrogen-bond acceptors (Lipinski definition) is 4. The number of hydrogen-bond donors (Lipinski definition) is 2. The van der Waals surface area contributed by atoms with Crippen LogP contribution in [0.1, 0.15) is 17.5 Å². The van der Waals surface area contributed by atoms with E-state index in [4.69, 9.17) is 11.6 Å². The van der Waals surface area contributed by atoms with Crippen molar-refractivity contribution in [1.29, 1.82) is 0 Å². The summed E-state index contributed by atoms with van der Waals surface area (Å²) in [7, 11) is -3.57. The Morgan fingerprint density at radius 2 is 1.89 bits per heavy atom. The Kier molecular flexibility index (Phi) is 5.41. The molecule has 0 saturated carbocycles. The Bertz CT molecular complexity index is 927. The molecule has 0 aromatic heterocycles. The Morgan fingerprint density at radius 1 is 1.11 bits per heavy atom. The molecule has 1 fully saturated rings. The van der Waals surface area contributed by atoms with Crippen LogP contribution in [0.5, 0.6) is 0 Å². The van der Waals surface area contributed by atoms with E-state index < -0.39 is 10.0 Å². The lowest BCUT2D eigenvalue weighted by Crippen LogP contribution is -2.44. The average Bonchev–Trinajstić information content (AvgIpc) is 2.68. The molecule has 27 heavy (non-hydrogen) atoms. The van der Waals surface area contributed by atoms with Crippen molar-refractivity contribution in [3.05, 3.63) is 58.6 Å². The summed E-state index contributed by atoms with van der Waals surface area (Å²) in [5.41, 5.74) is 3.93. The summed E-state index contributed by atoms with van der Waals surface area (Å²) in [4.78, 5) is 2.65. The minimum atomic E-state index is -3.57. The van der Waals surface area contributed by atoms with Gasteiger partial charge in [-0.2, -0.15) is 0 Å². The van der Waals surface area contributed by atoms with Crippen molar-refractivity contribution < 1.29 is 8.42 Å². The van der Waals surface area contributed by atoms with Crippen LogP contribution in [0.4, 0.5) is 5.69 Å². The van der Waals surface area contributed by atoms with Crippen LogP contribution >= 0.6 is 11.6 Å². The van der Waals surface area contributed by atoms with Gasteiger partial charge in [0, 0.05) is 42.9 Å². The molecular formula is C20H24ClN3O2S. The number of piperazine rings is 1. The van der Waals surface area contributed by atoms with Crippen LogP contribution in [0.2, 0.25) is 5.02 Å². The normalized spacial score (nSPS) is 20.3. The molecule has 0 amide bonds. The van der Waals surface area contributed by atoms with E-state index in [0.717, 1.165) is 45.4 Å². The predicted molar refractivity (Wildman–Crippen MR) is 109 cm³/mol. The topological polar surface area (TPSA) is 61.4 Å². The van der Waals surface area contributed by atoms with Gasteiger partial charge in [-0.25, -0.2) is 13.1 Å². The maximum atomic E-state index is 12.7. The highest BCUT2D eigenvalue weighted by atomic mass is 35.5. The van der Waals surface area contributed by atoms with Crippen LogP contribution < -0.4 is 14.9 Å². The minimum absolute atomic E-state index is 0.0974. The van der Waals surface area contributed by atoms with Gasteiger partial charge in [0.05, 0.1) is 4.90 Å². The smallest absolute Gasteiger partial charge is 0.240 e. The van der Waals surface area contributed by atoms with Gasteiger partial charge in [-0.3, -0.25) is 0 Å². The van der Waals surface area contributed by atoms with Crippen LogP contribution in [0.15, 0.2) is 47.4 Å². The molecule has 2 N–H and O–H groups in total. The number of halogens is 1. The Balaban J connectivity index is 1.52. The lowest BCUT2D eigenvalue weighted by Gasteiger charge is -2.34.